The molecule has 0 bridgehead atoms. The molecule has 0 aliphatic rings. The zero-order chi connectivity index (χ0) is 13.7. The van der Waals surface area contributed by atoms with Gasteiger partial charge in [-0.3, -0.25) is 4.79 Å². The molecule has 2 heteroatoms. The minimum absolute atomic E-state index is 0.0795. The van der Waals surface area contributed by atoms with Gasteiger partial charge in [-0.15, -0.1) is 0 Å². The minimum atomic E-state index is 0.0795. The Bertz CT molecular complexity index is 433. The average Bonchev–Trinajstić information content (AvgIpc) is 2.34. The maximum Gasteiger partial charge on any atom is 0.246 e. The molecule has 0 aliphatic heterocycles. The van der Waals surface area contributed by atoms with Crippen LogP contribution in [0.25, 0.3) is 6.08 Å². The molecule has 0 fully saturated rings. The molecular formula is C16H23NO. The minimum Gasteiger partial charge on any atom is -0.340 e. The summed E-state index contributed by atoms with van der Waals surface area (Å²) < 4.78 is 0. The van der Waals surface area contributed by atoms with E-state index in [1.54, 1.807) is 6.08 Å². The van der Waals surface area contributed by atoms with Crippen LogP contribution in [0.5, 0.6) is 0 Å². The number of rotatable bonds is 4. The first-order valence-electron chi connectivity index (χ1n) is 6.54. The van der Waals surface area contributed by atoms with E-state index in [2.05, 4.69) is 32.9 Å². The number of hydrogen-bond donors (Lipinski definition) is 0. The lowest BCUT2D eigenvalue weighted by atomic mass is 10.0. The first-order valence-corrected chi connectivity index (χ1v) is 6.54. The van der Waals surface area contributed by atoms with Crippen LogP contribution in [0, 0.1) is 20.8 Å². The van der Waals surface area contributed by atoms with E-state index < -0.39 is 0 Å². The van der Waals surface area contributed by atoms with Crippen molar-refractivity contribution in [1.82, 2.24) is 4.90 Å². The smallest absolute Gasteiger partial charge is 0.246 e. The third-order valence-electron chi connectivity index (χ3n) is 3.44. The van der Waals surface area contributed by atoms with Gasteiger partial charge in [-0.1, -0.05) is 12.1 Å². The van der Waals surface area contributed by atoms with Crippen molar-refractivity contribution in [1.29, 1.82) is 0 Å². The second-order valence-corrected chi connectivity index (χ2v) is 4.62. The van der Waals surface area contributed by atoms with E-state index in [0.29, 0.717) is 0 Å². The summed E-state index contributed by atoms with van der Waals surface area (Å²) >= 11 is 0. The predicted molar refractivity (Wildman–Crippen MR) is 77.6 cm³/mol. The van der Waals surface area contributed by atoms with Crippen molar-refractivity contribution in [3.63, 3.8) is 0 Å². The molecule has 1 aromatic carbocycles. The Morgan fingerprint density at radius 3 is 2.06 bits per heavy atom. The monoisotopic (exact) mass is 245 g/mol. The Morgan fingerprint density at radius 2 is 1.61 bits per heavy atom. The first kappa shape index (κ1) is 14.5. The number of carbonyl (C=O) groups excluding carboxylic acids is 1. The number of likely N-dealkylation sites (N-methyl/N-ethyl adjacent to an activating group) is 1. The number of benzene rings is 1. The summed E-state index contributed by atoms with van der Waals surface area (Å²) in [6.45, 7) is 11.8. The van der Waals surface area contributed by atoms with Crippen LogP contribution in [0.4, 0.5) is 0 Å². The van der Waals surface area contributed by atoms with Crippen molar-refractivity contribution in [2.24, 2.45) is 0 Å². The molecule has 18 heavy (non-hydrogen) atoms. The quantitative estimate of drug-likeness (QED) is 0.744. The normalized spacial score (nSPS) is 10.9. The maximum absolute atomic E-state index is 11.9. The third kappa shape index (κ3) is 3.46. The van der Waals surface area contributed by atoms with Crippen molar-refractivity contribution in [3.8, 4) is 0 Å². The Morgan fingerprint density at radius 1 is 1.11 bits per heavy atom. The summed E-state index contributed by atoms with van der Waals surface area (Å²) in [6.07, 6.45) is 3.57. The highest BCUT2D eigenvalue weighted by Gasteiger charge is 2.05. The third-order valence-corrected chi connectivity index (χ3v) is 3.44. The zero-order valence-electron chi connectivity index (χ0n) is 12.1. The Hall–Kier alpha value is -1.57. The van der Waals surface area contributed by atoms with Crippen molar-refractivity contribution in [2.45, 2.75) is 34.6 Å². The van der Waals surface area contributed by atoms with Gasteiger partial charge in [-0.2, -0.15) is 0 Å². The highest BCUT2D eigenvalue weighted by Crippen LogP contribution is 2.16. The largest absolute Gasteiger partial charge is 0.340 e. The van der Waals surface area contributed by atoms with Crippen LogP contribution in [0.2, 0.25) is 0 Å². The van der Waals surface area contributed by atoms with Crippen LogP contribution in [0.1, 0.15) is 36.1 Å². The average molecular weight is 245 g/mol. The summed E-state index contributed by atoms with van der Waals surface area (Å²) in [4.78, 5) is 13.7. The molecule has 0 unspecified atom stereocenters. The van der Waals surface area contributed by atoms with Gasteiger partial charge in [0.05, 0.1) is 0 Å². The van der Waals surface area contributed by atoms with E-state index in [1.807, 2.05) is 24.8 Å². The van der Waals surface area contributed by atoms with Gasteiger partial charge in [0, 0.05) is 19.2 Å². The molecule has 0 heterocycles. The van der Waals surface area contributed by atoms with Crippen LogP contribution >= 0.6 is 0 Å². The fourth-order valence-corrected chi connectivity index (χ4v) is 1.97. The number of hydrogen-bond acceptors (Lipinski definition) is 1. The molecule has 0 aliphatic carbocycles. The molecule has 0 N–H and O–H groups in total. The lowest BCUT2D eigenvalue weighted by Crippen LogP contribution is -2.28. The lowest BCUT2D eigenvalue weighted by Gasteiger charge is -2.15. The van der Waals surface area contributed by atoms with Crippen LogP contribution in [-0.4, -0.2) is 23.9 Å². The SMILES string of the molecule is CCN(CC)C(=O)/C=C/c1cc(C)c(C)c(C)c1. The lowest BCUT2D eigenvalue weighted by molar-refractivity contribution is -0.125. The zero-order valence-corrected chi connectivity index (χ0v) is 12.1. The second-order valence-electron chi connectivity index (χ2n) is 4.62. The van der Waals surface area contributed by atoms with E-state index in [-0.39, 0.29) is 5.91 Å². The molecule has 0 aromatic heterocycles. The first-order chi connectivity index (χ1) is 8.49. The molecule has 98 valence electrons. The molecule has 0 saturated carbocycles. The molecule has 1 aromatic rings. The number of aryl methyl sites for hydroxylation is 2. The summed E-state index contributed by atoms with van der Waals surface area (Å²) in [6, 6.07) is 4.24. The molecule has 0 spiro atoms. The summed E-state index contributed by atoms with van der Waals surface area (Å²) in [7, 11) is 0. The van der Waals surface area contributed by atoms with Crippen LogP contribution < -0.4 is 0 Å². The van der Waals surface area contributed by atoms with Gasteiger partial charge in [0.15, 0.2) is 0 Å². The molecule has 0 radical (unpaired) electrons. The molecule has 0 saturated heterocycles. The number of nitrogens with zero attached hydrogens (tertiary/aromatic N) is 1. The van der Waals surface area contributed by atoms with Crippen LogP contribution in [0.15, 0.2) is 18.2 Å². The van der Waals surface area contributed by atoms with Crippen molar-refractivity contribution < 1.29 is 4.79 Å². The standard InChI is InChI=1S/C16H23NO/c1-6-17(7-2)16(18)9-8-15-10-12(3)14(5)13(4)11-15/h8-11H,6-7H2,1-5H3/b9-8+. The molecule has 1 rings (SSSR count). The van der Waals surface area contributed by atoms with Gasteiger partial charge in [0.1, 0.15) is 0 Å². The van der Waals surface area contributed by atoms with Gasteiger partial charge in [-0.05, 0) is 62.9 Å². The molecule has 1 amide bonds. The van der Waals surface area contributed by atoms with E-state index in [0.717, 1.165) is 18.7 Å². The summed E-state index contributed by atoms with van der Waals surface area (Å²) in [5.41, 5.74) is 4.95. The van der Waals surface area contributed by atoms with Crippen molar-refractivity contribution >= 4 is 12.0 Å². The van der Waals surface area contributed by atoms with Crippen LogP contribution in [0.3, 0.4) is 0 Å². The topological polar surface area (TPSA) is 20.3 Å². The highest BCUT2D eigenvalue weighted by atomic mass is 16.2. The summed E-state index contributed by atoms with van der Waals surface area (Å²) in [5, 5.41) is 0. The molecule has 2 nitrogen and oxygen atoms in total. The van der Waals surface area contributed by atoms with E-state index in [4.69, 9.17) is 0 Å². The van der Waals surface area contributed by atoms with Gasteiger partial charge in [-0.25, -0.2) is 0 Å². The van der Waals surface area contributed by atoms with Gasteiger partial charge >= 0.3 is 0 Å². The fourth-order valence-electron chi connectivity index (χ4n) is 1.97. The van der Waals surface area contributed by atoms with Gasteiger partial charge < -0.3 is 4.90 Å². The highest BCUT2D eigenvalue weighted by molar-refractivity contribution is 5.91. The fraction of sp³-hybridized carbons (Fsp3) is 0.438. The van der Waals surface area contributed by atoms with Gasteiger partial charge in [0.25, 0.3) is 0 Å². The van der Waals surface area contributed by atoms with E-state index in [9.17, 15) is 4.79 Å². The number of carbonyl (C=O) groups is 1. The number of amides is 1. The Balaban J connectivity index is 2.88. The Labute approximate surface area is 110 Å². The van der Waals surface area contributed by atoms with Gasteiger partial charge in [0.2, 0.25) is 5.91 Å². The van der Waals surface area contributed by atoms with Crippen LogP contribution in [-0.2, 0) is 4.79 Å². The second kappa shape index (κ2) is 6.39. The summed E-state index contributed by atoms with van der Waals surface area (Å²) in [5.74, 6) is 0.0795. The van der Waals surface area contributed by atoms with Crippen molar-refractivity contribution in [3.05, 3.63) is 40.5 Å². The Kier molecular flexibility index (Phi) is 5.14. The molecule has 0 atom stereocenters. The van der Waals surface area contributed by atoms with E-state index in [1.165, 1.54) is 16.7 Å². The molecular weight excluding hydrogens is 222 g/mol. The van der Waals surface area contributed by atoms with Crippen molar-refractivity contribution in [2.75, 3.05) is 13.1 Å². The predicted octanol–water partition coefficient (Wildman–Crippen LogP) is 3.49. The maximum atomic E-state index is 11.9. The van der Waals surface area contributed by atoms with E-state index >= 15 is 0 Å².